The van der Waals surface area contributed by atoms with Crippen molar-refractivity contribution < 1.29 is 4.39 Å². The van der Waals surface area contributed by atoms with Crippen molar-refractivity contribution in [2.75, 3.05) is 10.6 Å². The summed E-state index contributed by atoms with van der Waals surface area (Å²) < 4.78 is 13.4. The number of nitrogens with zero attached hydrogens (tertiary/aromatic N) is 4. The zero-order valence-electron chi connectivity index (χ0n) is 14.2. The van der Waals surface area contributed by atoms with Gasteiger partial charge in [-0.1, -0.05) is 23.7 Å². The maximum absolute atomic E-state index is 13.4. The maximum atomic E-state index is 13.4. The Morgan fingerprint density at radius 3 is 2.56 bits per heavy atom. The molecule has 2 aromatic heterocycles. The minimum Gasteiger partial charge on any atom is -0.338 e. The largest absolute Gasteiger partial charge is 0.338 e. The van der Waals surface area contributed by atoms with Crippen LogP contribution in [0.2, 0.25) is 5.02 Å². The molecule has 0 aliphatic heterocycles. The highest BCUT2D eigenvalue weighted by atomic mass is 35.5. The van der Waals surface area contributed by atoms with Gasteiger partial charge in [0.05, 0.1) is 0 Å². The molecule has 27 heavy (non-hydrogen) atoms. The van der Waals surface area contributed by atoms with Crippen LogP contribution in [-0.4, -0.2) is 19.9 Å². The van der Waals surface area contributed by atoms with Crippen molar-refractivity contribution in [3.63, 3.8) is 0 Å². The Bertz CT molecular complexity index is 1130. The first-order valence-electron chi connectivity index (χ1n) is 8.13. The summed E-state index contributed by atoms with van der Waals surface area (Å²) in [5, 5.41) is 6.83. The van der Waals surface area contributed by atoms with E-state index in [9.17, 15) is 4.39 Å². The van der Waals surface area contributed by atoms with Gasteiger partial charge in [-0.05, 0) is 42.8 Å². The Hall–Kier alpha value is -3.32. The van der Waals surface area contributed by atoms with E-state index < -0.39 is 0 Å². The molecule has 6 nitrogen and oxygen atoms in total. The van der Waals surface area contributed by atoms with Crippen molar-refractivity contribution in [1.82, 2.24) is 19.9 Å². The van der Waals surface area contributed by atoms with Gasteiger partial charge < -0.3 is 10.6 Å². The molecule has 0 aliphatic rings. The van der Waals surface area contributed by atoms with Crippen LogP contribution in [-0.2, 0) is 0 Å². The number of benzene rings is 2. The first kappa shape index (κ1) is 17.1. The normalized spacial score (nSPS) is 10.8. The third-order valence-corrected chi connectivity index (χ3v) is 4.26. The summed E-state index contributed by atoms with van der Waals surface area (Å²) in [6, 6.07) is 11.7. The van der Waals surface area contributed by atoms with Gasteiger partial charge in [-0.15, -0.1) is 0 Å². The number of nitrogens with one attached hydrogen (secondary N) is 2. The number of aromatic nitrogens is 4. The van der Waals surface area contributed by atoms with Crippen molar-refractivity contribution in [3.05, 3.63) is 71.3 Å². The Kier molecular flexibility index (Phi) is 4.52. The number of halogens is 2. The fourth-order valence-electron chi connectivity index (χ4n) is 2.51. The highest BCUT2D eigenvalue weighted by Gasteiger charge is 2.11. The Morgan fingerprint density at radius 2 is 1.74 bits per heavy atom. The van der Waals surface area contributed by atoms with Gasteiger partial charge in [-0.2, -0.15) is 9.97 Å². The highest BCUT2D eigenvalue weighted by molar-refractivity contribution is 6.31. The molecule has 2 aromatic carbocycles. The molecule has 0 atom stereocenters. The SMILES string of the molecule is Cc1ccc(Nc2nc(Nc3cccc(F)c3)nc3nccnc23)cc1Cl. The van der Waals surface area contributed by atoms with Gasteiger partial charge in [0, 0.05) is 28.8 Å². The molecule has 8 heteroatoms. The van der Waals surface area contributed by atoms with Gasteiger partial charge in [0.25, 0.3) is 0 Å². The molecule has 2 N–H and O–H groups in total. The molecule has 0 saturated carbocycles. The average molecular weight is 381 g/mol. The smallest absolute Gasteiger partial charge is 0.231 e. The predicted octanol–water partition coefficient (Wildman–Crippen LogP) is 5.01. The molecule has 0 fully saturated rings. The van der Waals surface area contributed by atoms with Crippen LogP contribution in [0.3, 0.4) is 0 Å². The molecule has 0 spiro atoms. The lowest BCUT2D eigenvalue weighted by Gasteiger charge is -2.11. The molecule has 0 unspecified atom stereocenters. The first-order valence-corrected chi connectivity index (χ1v) is 8.51. The van der Waals surface area contributed by atoms with Crippen molar-refractivity contribution >= 4 is 45.9 Å². The number of aryl methyl sites for hydroxylation is 1. The topological polar surface area (TPSA) is 75.6 Å². The fraction of sp³-hybridized carbons (Fsp3) is 0.0526. The molecule has 2 heterocycles. The summed E-state index contributed by atoms with van der Waals surface area (Å²) >= 11 is 6.20. The predicted molar refractivity (Wildman–Crippen MR) is 104 cm³/mol. The lowest BCUT2D eigenvalue weighted by molar-refractivity contribution is 0.628. The summed E-state index contributed by atoms with van der Waals surface area (Å²) in [6.45, 7) is 1.93. The summed E-state index contributed by atoms with van der Waals surface area (Å²) in [4.78, 5) is 17.4. The van der Waals surface area contributed by atoms with Crippen LogP contribution in [0.1, 0.15) is 5.56 Å². The zero-order valence-corrected chi connectivity index (χ0v) is 15.0. The van der Waals surface area contributed by atoms with E-state index in [0.29, 0.717) is 27.7 Å². The van der Waals surface area contributed by atoms with Gasteiger partial charge in [0.2, 0.25) is 5.95 Å². The third kappa shape index (κ3) is 3.78. The van der Waals surface area contributed by atoms with Crippen molar-refractivity contribution in [1.29, 1.82) is 0 Å². The van der Waals surface area contributed by atoms with Crippen molar-refractivity contribution in [2.24, 2.45) is 0 Å². The van der Waals surface area contributed by atoms with Crippen LogP contribution in [0, 0.1) is 12.7 Å². The van der Waals surface area contributed by atoms with Crippen LogP contribution in [0.25, 0.3) is 11.2 Å². The third-order valence-electron chi connectivity index (χ3n) is 3.85. The molecule has 4 rings (SSSR count). The van der Waals surface area contributed by atoms with E-state index in [-0.39, 0.29) is 11.8 Å². The van der Waals surface area contributed by atoms with Crippen LogP contribution < -0.4 is 10.6 Å². The van der Waals surface area contributed by atoms with Crippen LogP contribution >= 0.6 is 11.6 Å². The Morgan fingerprint density at radius 1 is 0.926 bits per heavy atom. The highest BCUT2D eigenvalue weighted by Crippen LogP contribution is 2.26. The van der Waals surface area contributed by atoms with Gasteiger partial charge in [0.1, 0.15) is 5.82 Å². The van der Waals surface area contributed by atoms with Gasteiger partial charge in [-0.25, -0.2) is 14.4 Å². The van der Waals surface area contributed by atoms with Crippen LogP contribution in [0.15, 0.2) is 54.9 Å². The van der Waals surface area contributed by atoms with Gasteiger partial charge in [0.15, 0.2) is 17.0 Å². The maximum Gasteiger partial charge on any atom is 0.231 e. The summed E-state index contributed by atoms with van der Waals surface area (Å²) in [7, 11) is 0. The number of fused-ring (bicyclic) bond motifs is 1. The van der Waals surface area contributed by atoms with E-state index >= 15 is 0 Å². The van der Waals surface area contributed by atoms with Crippen molar-refractivity contribution in [2.45, 2.75) is 6.92 Å². The van der Waals surface area contributed by atoms with E-state index in [4.69, 9.17) is 11.6 Å². The van der Waals surface area contributed by atoms with Crippen LogP contribution in [0.5, 0.6) is 0 Å². The quantitative estimate of drug-likeness (QED) is 0.518. The number of hydrogen-bond donors (Lipinski definition) is 2. The lowest BCUT2D eigenvalue weighted by atomic mass is 10.2. The minimum absolute atomic E-state index is 0.273. The summed E-state index contributed by atoms with van der Waals surface area (Å²) in [5.74, 6) is 0.384. The average Bonchev–Trinajstić information content (AvgIpc) is 2.65. The molecule has 0 radical (unpaired) electrons. The summed E-state index contributed by atoms with van der Waals surface area (Å²) in [6.07, 6.45) is 3.12. The van der Waals surface area contributed by atoms with E-state index in [0.717, 1.165) is 11.3 Å². The minimum atomic E-state index is -0.353. The van der Waals surface area contributed by atoms with E-state index in [1.807, 2.05) is 19.1 Å². The molecular weight excluding hydrogens is 367 g/mol. The molecular formula is C19H14ClFN6. The molecule has 0 aliphatic carbocycles. The molecule has 0 bridgehead atoms. The second-order valence-corrected chi connectivity index (χ2v) is 6.26. The van der Waals surface area contributed by atoms with Gasteiger partial charge >= 0.3 is 0 Å². The Balaban J connectivity index is 1.75. The zero-order chi connectivity index (χ0) is 18.8. The van der Waals surface area contributed by atoms with E-state index in [2.05, 4.69) is 30.6 Å². The number of hydrogen-bond acceptors (Lipinski definition) is 6. The van der Waals surface area contributed by atoms with Gasteiger partial charge in [-0.3, -0.25) is 0 Å². The molecule has 0 saturated heterocycles. The second-order valence-electron chi connectivity index (χ2n) is 5.85. The van der Waals surface area contributed by atoms with E-state index in [1.165, 1.54) is 12.1 Å². The standard InChI is InChI=1S/C19H14ClFN6/c1-11-5-6-14(10-15(11)20)24-18-16-17(23-8-7-22-16)26-19(27-18)25-13-4-2-3-12(21)9-13/h2-10H,1H3,(H2,23,24,25,26,27). The van der Waals surface area contributed by atoms with Crippen molar-refractivity contribution in [3.8, 4) is 0 Å². The molecule has 4 aromatic rings. The molecule has 134 valence electrons. The lowest BCUT2D eigenvalue weighted by Crippen LogP contribution is -2.04. The summed E-state index contributed by atoms with van der Waals surface area (Å²) in [5.41, 5.74) is 3.18. The Labute approximate surface area is 159 Å². The number of rotatable bonds is 4. The first-order chi connectivity index (χ1) is 13.1. The number of anilines is 4. The molecule has 0 amide bonds. The second kappa shape index (κ2) is 7.13. The fourth-order valence-corrected chi connectivity index (χ4v) is 2.69. The van der Waals surface area contributed by atoms with E-state index in [1.54, 1.807) is 30.6 Å². The van der Waals surface area contributed by atoms with Crippen LogP contribution in [0.4, 0.5) is 27.5 Å². The monoisotopic (exact) mass is 380 g/mol.